The molecule has 0 N–H and O–H groups in total. The van der Waals surface area contributed by atoms with Crippen molar-refractivity contribution < 1.29 is 9.53 Å². The number of fused-ring (bicyclic) bond motifs is 1. The zero-order valence-corrected chi connectivity index (χ0v) is 14.8. The average molecular weight is 335 g/mol. The summed E-state index contributed by atoms with van der Waals surface area (Å²) in [7, 11) is 0. The maximum Gasteiger partial charge on any atom is 0.258 e. The number of rotatable bonds is 3. The number of ether oxygens (including phenoxy) is 1. The highest BCUT2D eigenvalue weighted by Gasteiger charge is 2.24. The van der Waals surface area contributed by atoms with E-state index in [1.807, 2.05) is 29.2 Å². The van der Waals surface area contributed by atoms with Crippen LogP contribution in [0, 0.1) is 6.92 Å². The Bertz CT molecular complexity index is 760. The molecule has 130 valence electrons. The van der Waals surface area contributed by atoms with Crippen LogP contribution < -0.4 is 9.64 Å². The molecular weight excluding hydrogens is 310 g/mol. The summed E-state index contributed by atoms with van der Waals surface area (Å²) < 4.78 is 6.00. The normalized spacial score (nSPS) is 17.4. The lowest BCUT2D eigenvalue weighted by molar-refractivity contribution is 0.0985. The molecule has 0 aromatic heterocycles. The molecule has 2 aromatic rings. The van der Waals surface area contributed by atoms with Crippen molar-refractivity contribution in [3.63, 3.8) is 0 Å². The van der Waals surface area contributed by atoms with Crippen LogP contribution in [-0.2, 0) is 6.42 Å². The summed E-state index contributed by atoms with van der Waals surface area (Å²) in [4.78, 5) is 14.9. The maximum absolute atomic E-state index is 13.0. The van der Waals surface area contributed by atoms with Crippen LogP contribution in [0.15, 0.2) is 42.5 Å². The van der Waals surface area contributed by atoms with Crippen molar-refractivity contribution in [2.45, 2.75) is 51.6 Å². The molecule has 0 unspecified atom stereocenters. The molecule has 3 nitrogen and oxygen atoms in total. The predicted octanol–water partition coefficient (Wildman–Crippen LogP) is 4.91. The molecule has 2 aliphatic rings. The van der Waals surface area contributed by atoms with Gasteiger partial charge in [-0.25, -0.2) is 0 Å². The van der Waals surface area contributed by atoms with E-state index in [0.29, 0.717) is 6.10 Å². The summed E-state index contributed by atoms with van der Waals surface area (Å²) in [5.74, 6) is 0.954. The zero-order valence-electron chi connectivity index (χ0n) is 14.8. The maximum atomic E-state index is 13.0. The van der Waals surface area contributed by atoms with Crippen LogP contribution in [0.5, 0.6) is 5.75 Å². The number of benzene rings is 2. The lowest BCUT2D eigenvalue weighted by Crippen LogP contribution is -2.35. The Hall–Kier alpha value is -2.29. The fourth-order valence-electron chi connectivity index (χ4n) is 3.97. The van der Waals surface area contributed by atoms with E-state index in [1.165, 1.54) is 24.0 Å². The van der Waals surface area contributed by atoms with Gasteiger partial charge in [0, 0.05) is 17.8 Å². The fourth-order valence-corrected chi connectivity index (χ4v) is 3.97. The number of anilines is 1. The van der Waals surface area contributed by atoms with Crippen molar-refractivity contribution in [3.05, 3.63) is 59.2 Å². The van der Waals surface area contributed by atoms with Gasteiger partial charge in [0.1, 0.15) is 5.75 Å². The third kappa shape index (κ3) is 3.41. The van der Waals surface area contributed by atoms with Crippen LogP contribution in [0.3, 0.4) is 0 Å². The number of carbonyl (C=O) groups is 1. The Balaban J connectivity index is 1.51. The van der Waals surface area contributed by atoms with Gasteiger partial charge < -0.3 is 9.64 Å². The molecule has 0 atom stereocenters. The molecule has 0 saturated heterocycles. The Labute approximate surface area is 149 Å². The fraction of sp³-hybridized carbons (Fsp3) is 0.409. The van der Waals surface area contributed by atoms with Crippen molar-refractivity contribution in [1.29, 1.82) is 0 Å². The van der Waals surface area contributed by atoms with Gasteiger partial charge >= 0.3 is 0 Å². The first kappa shape index (κ1) is 16.2. The lowest BCUT2D eigenvalue weighted by atomic mass is 9.99. The summed E-state index contributed by atoms with van der Waals surface area (Å²) in [6.07, 6.45) is 7.22. The van der Waals surface area contributed by atoms with Crippen molar-refractivity contribution in [2.24, 2.45) is 0 Å². The molecule has 2 aromatic carbocycles. The predicted molar refractivity (Wildman–Crippen MR) is 101 cm³/mol. The van der Waals surface area contributed by atoms with Crippen molar-refractivity contribution in [3.8, 4) is 5.75 Å². The molecule has 1 heterocycles. The van der Waals surface area contributed by atoms with E-state index in [0.717, 1.165) is 49.2 Å². The molecule has 0 spiro atoms. The number of amides is 1. The second-order valence-corrected chi connectivity index (χ2v) is 7.24. The van der Waals surface area contributed by atoms with Crippen LogP contribution in [0.25, 0.3) is 0 Å². The smallest absolute Gasteiger partial charge is 0.258 e. The van der Waals surface area contributed by atoms with Gasteiger partial charge in [-0.05, 0) is 81.3 Å². The number of aryl methyl sites for hydroxylation is 2. The van der Waals surface area contributed by atoms with Crippen molar-refractivity contribution in [1.82, 2.24) is 0 Å². The van der Waals surface area contributed by atoms with E-state index >= 15 is 0 Å². The molecule has 4 rings (SSSR count). The van der Waals surface area contributed by atoms with Crippen LogP contribution >= 0.6 is 0 Å². The monoisotopic (exact) mass is 335 g/mol. The van der Waals surface area contributed by atoms with Gasteiger partial charge in [0.25, 0.3) is 5.91 Å². The molecule has 1 aliphatic heterocycles. The van der Waals surface area contributed by atoms with Gasteiger partial charge in [-0.3, -0.25) is 4.79 Å². The largest absolute Gasteiger partial charge is 0.490 e. The van der Waals surface area contributed by atoms with Gasteiger partial charge in [-0.15, -0.1) is 0 Å². The molecular formula is C22H25NO2. The second kappa shape index (κ2) is 6.91. The van der Waals surface area contributed by atoms with Crippen molar-refractivity contribution >= 4 is 11.6 Å². The van der Waals surface area contributed by atoms with Gasteiger partial charge in [0.2, 0.25) is 0 Å². The third-order valence-corrected chi connectivity index (χ3v) is 5.30. The van der Waals surface area contributed by atoms with Gasteiger partial charge in [-0.2, -0.15) is 0 Å². The zero-order chi connectivity index (χ0) is 17.2. The van der Waals surface area contributed by atoms with Crippen LogP contribution in [0.1, 0.15) is 53.6 Å². The molecule has 1 fully saturated rings. The first-order chi connectivity index (χ1) is 12.2. The first-order valence-electron chi connectivity index (χ1n) is 9.39. The van der Waals surface area contributed by atoms with Crippen molar-refractivity contribution in [2.75, 3.05) is 11.4 Å². The quantitative estimate of drug-likeness (QED) is 0.797. The van der Waals surface area contributed by atoms with E-state index < -0.39 is 0 Å². The summed E-state index contributed by atoms with van der Waals surface area (Å²) in [6.45, 7) is 2.89. The minimum Gasteiger partial charge on any atom is -0.490 e. The molecule has 1 amide bonds. The minimum absolute atomic E-state index is 0.0808. The molecule has 1 aliphatic carbocycles. The molecule has 3 heteroatoms. The SMILES string of the molecule is Cc1ccc2c(c1)CCCN2C(=O)c1ccc(OC2CCCC2)cc1. The summed E-state index contributed by atoms with van der Waals surface area (Å²) >= 11 is 0. The highest BCUT2D eigenvalue weighted by molar-refractivity contribution is 6.06. The molecule has 25 heavy (non-hydrogen) atoms. The Morgan fingerprint density at radius 3 is 2.56 bits per heavy atom. The van der Waals surface area contributed by atoms with Crippen LogP contribution in [0.4, 0.5) is 5.69 Å². The van der Waals surface area contributed by atoms with E-state index in [-0.39, 0.29) is 5.91 Å². The molecule has 0 bridgehead atoms. The molecule has 1 saturated carbocycles. The number of hydrogen-bond acceptors (Lipinski definition) is 2. The lowest BCUT2D eigenvalue weighted by Gasteiger charge is -2.30. The van der Waals surface area contributed by atoms with E-state index in [9.17, 15) is 4.79 Å². The molecule has 0 radical (unpaired) electrons. The summed E-state index contributed by atoms with van der Waals surface area (Å²) in [5, 5.41) is 0. The second-order valence-electron chi connectivity index (χ2n) is 7.24. The topological polar surface area (TPSA) is 29.5 Å². The van der Waals surface area contributed by atoms with Gasteiger partial charge in [0.05, 0.1) is 6.10 Å². The number of nitrogens with zero attached hydrogens (tertiary/aromatic N) is 1. The van der Waals surface area contributed by atoms with E-state index in [4.69, 9.17) is 4.74 Å². The number of hydrogen-bond donors (Lipinski definition) is 0. The number of carbonyl (C=O) groups excluding carboxylic acids is 1. The van der Waals surface area contributed by atoms with Gasteiger partial charge in [-0.1, -0.05) is 17.7 Å². The Kier molecular flexibility index (Phi) is 4.48. The van der Waals surface area contributed by atoms with E-state index in [1.54, 1.807) is 0 Å². The third-order valence-electron chi connectivity index (χ3n) is 5.30. The van der Waals surface area contributed by atoms with Crippen LogP contribution in [0.2, 0.25) is 0 Å². The highest BCUT2D eigenvalue weighted by Crippen LogP contribution is 2.30. The Morgan fingerprint density at radius 1 is 1.04 bits per heavy atom. The first-order valence-corrected chi connectivity index (χ1v) is 9.39. The van der Waals surface area contributed by atoms with E-state index in [2.05, 4.69) is 25.1 Å². The highest BCUT2D eigenvalue weighted by atomic mass is 16.5. The van der Waals surface area contributed by atoms with Gasteiger partial charge in [0.15, 0.2) is 0 Å². The average Bonchev–Trinajstić information content (AvgIpc) is 3.14. The van der Waals surface area contributed by atoms with Crippen LogP contribution in [-0.4, -0.2) is 18.6 Å². The summed E-state index contributed by atoms with van der Waals surface area (Å²) in [6, 6.07) is 14.0. The minimum atomic E-state index is 0.0808. The summed E-state index contributed by atoms with van der Waals surface area (Å²) in [5.41, 5.74) is 4.32. The Morgan fingerprint density at radius 2 is 1.80 bits per heavy atom. The standard InChI is InChI=1S/C22H25NO2/c1-16-8-13-21-18(15-16)5-4-14-23(21)22(24)17-9-11-20(12-10-17)25-19-6-2-3-7-19/h8-13,15,19H,2-7,14H2,1H3.